The summed E-state index contributed by atoms with van der Waals surface area (Å²) in [4.78, 5) is 0. The first-order valence-electron chi connectivity index (χ1n) is 6.11. The van der Waals surface area contributed by atoms with Crippen LogP contribution >= 0.6 is 0 Å². The lowest BCUT2D eigenvalue weighted by molar-refractivity contribution is 0.414. The van der Waals surface area contributed by atoms with Crippen molar-refractivity contribution in [1.82, 2.24) is 0 Å². The summed E-state index contributed by atoms with van der Waals surface area (Å²) in [5, 5.41) is 0. The molecule has 0 N–H and O–H groups in total. The van der Waals surface area contributed by atoms with Crippen molar-refractivity contribution < 1.29 is 4.74 Å². The average molecular weight is 230 g/mol. The van der Waals surface area contributed by atoms with E-state index < -0.39 is 0 Å². The zero-order valence-corrected chi connectivity index (χ0v) is 11.5. The topological polar surface area (TPSA) is 9.23 Å². The second-order valence-corrected chi connectivity index (χ2v) is 4.23. The van der Waals surface area contributed by atoms with Crippen LogP contribution in [-0.4, -0.2) is 7.11 Å². The quantitative estimate of drug-likeness (QED) is 0.677. The first-order chi connectivity index (χ1) is 8.13. The van der Waals surface area contributed by atoms with Crippen LogP contribution in [0.5, 0.6) is 5.75 Å². The van der Waals surface area contributed by atoms with Gasteiger partial charge in [0.2, 0.25) is 0 Å². The summed E-state index contributed by atoms with van der Waals surface area (Å²) in [6.45, 7) is 8.57. The molecule has 0 atom stereocenters. The zero-order chi connectivity index (χ0) is 12.8. The Kier molecular flexibility index (Phi) is 5.02. The van der Waals surface area contributed by atoms with E-state index in [1.165, 1.54) is 22.3 Å². The van der Waals surface area contributed by atoms with Crippen molar-refractivity contribution in [2.24, 2.45) is 0 Å². The molecule has 0 aliphatic heterocycles. The van der Waals surface area contributed by atoms with Gasteiger partial charge in [-0.3, -0.25) is 0 Å². The fourth-order valence-electron chi connectivity index (χ4n) is 1.88. The molecular formula is C16H22O. The standard InChI is InChI=1S/C16H22O/c1-6-8-15(12(3)7-2)16-10-9-14(17-5)11-13(16)4/h6,8-11H,7H2,1-5H3/b8-6-,15-12+. The predicted octanol–water partition coefficient (Wildman–Crippen LogP) is 4.76. The Bertz CT molecular complexity index is 439. The van der Waals surface area contributed by atoms with Crippen molar-refractivity contribution in [3.63, 3.8) is 0 Å². The minimum absolute atomic E-state index is 0.917. The zero-order valence-electron chi connectivity index (χ0n) is 11.5. The molecule has 1 aromatic carbocycles. The molecule has 17 heavy (non-hydrogen) atoms. The summed E-state index contributed by atoms with van der Waals surface area (Å²) in [6, 6.07) is 6.25. The lowest BCUT2D eigenvalue weighted by Crippen LogP contribution is -1.92. The van der Waals surface area contributed by atoms with E-state index >= 15 is 0 Å². The third-order valence-corrected chi connectivity index (χ3v) is 3.05. The van der Waals surface area contributed by atoms with Gasteiger partial charge >= 0.3 is 0 Å². The third-order valence-electron chi connectivity index (χ3n) is 3.05. The van der Waals surface area contributed by atoms with Gasteiger partial charge in [0.1, 0.15) is 5.75 Å². The maximum Gasteiger partial charge on any atom is 0.119 e. The van der Waals surface area contributed by atoms with Gasteiger partial charge in [-0.05, 0) is 56.0 Å². The molecule has 1 heteroatoms. The number of rotatable bonds is 4. The molecule has 0 unspecified atom stereocenters. The number of methoxy groups -OCH3 is 1. The molecule has 0 spiro atoms. The Balaban J connectivity index is 3.30. The summed E-state index contributed by atoms with van der Waals surface area (Å²) in [5.74, 6) is 0.917. The summed E-state index contributed by atoms with van der Waals surface area (Å²) < 4.78 is 5.24. The molecule has 0 saturated heterocycles. The number of ether oxygens (including phenoxy) is 1. The van der Waals surface area contributed by atoms with Gasteiger partial charge < -0.3 is 4.74 Å². The van der Waals surface area contributed by atoms with Crippen LogP contribution in [0.15, 0.2) is 35.9 Å². The molecular weight excluding hydrogens is 208 g/mol. The molecule has 0 aliphatic rings. The highest BCUT2D eigenvalue weighted by atomic mass is 16.5. The Morgan fingerprint density at radius 2 is 2.06 bits per heavy atom. The van der Waals surface area contributed by atoms with Crippen molar-refractivity contribution in [2.45, 2.75) is 34.1 Å². The van der Waals surface area contributed by atoms with Crippen LogP contribution in [0.2, 0.25) is 0 Å². The monoisotopic (exact) mass is 230 g/mol. The predicted molar refractivity (Wildman–Crippen MR) is 75.4 cm³/mol. The lowest BCUT2D eigenvalue weighted by atomic mass is 9.95. The number of benzene rings is 1. The minimum atomic E-state index is 0.917. The van der Waals surface area contributed by atoms with E-state index in [0.29, 0.717) is 0 Å². The van der Waals surface area contributed by atoms with Crippen molar-refractivity contribution in [1.29, 1.82) is 0 Å². The number of hydrogen-bond donors (Lipinski definition) is 0. The van der Waals surface area contributed by atoms with Gasteiger partial charge in [0.15, 0.2) is 0 Å². The first kappa shape index (κ1) is 13.6. The highest BCUT2D eigenvalue weighted by Gasteiger charge is 2.06. The first-order valence-corrected chi connectivity index (χ1v) is 6.11. The largest absolute Gasteiger partial charge is 0.497 e. The second kappa shape index (κ2) is 6.29. The second-order valence-electron chi connectivity index (χ2n) is 4.23. The van der Waals surface area contributed by atoms with Gasteiger partial charge in [-0.15, -0.1) is 0 Å². The van der Waals surface area contributed by atoms with Gasteiger partial charge in [0, 0.05) is 0 Å². The van der Waals surface area contributed by atoms with Crippen LogP contribution in [0.1, 0.15) is 38.3 Å². The van der Waals surface area contributed by atoms with Crippen LogP contribution in [0.3, 0.4) is 0 Å². The fraction of sp³-hybridized carbons (Fsp3) is 0.375. The molecule has 0 fully saturated rings. The van der Waals surface area contributed by atoms with Gasteiger partial charge in [-0.25, -0.2) is 0 Å². The molecule has 1 rings (SSSR count). The van der Waals surface area contributed by atoms with E-state index in [9.17, 15) is 0 Å². The van der Waals surface area contributed by atoms with Crippen LogP contribution in [0, 0.1) is 6.92 Å². The van der Waals surface area contributed by atoms with E-state index in [1.54, 1.807) is 7.11 Å². The Hall–Kier alpha value is -1.50. The summed E-state index contributed by atoms with van der Waals surface area (Å²) >= 11 is 0. The van der Waals surface area contributed by atoms with Gasteiger partial charge in [-0.2, -0.15) is 0 Å². The lowest BCUT2D eigenvalue weighted by Gasteiger charge is -2.12. The molecule has 0 radical (unpaired) electrons. The Morgan fingerprint density at radius 1 is 1.35 bits per heavy atom. The van der Waals surface area contributed by atoms with E-state index in [1.807, 2.05) is 6.07 Å². The molecule has 0 amide bonds. The smallest absolute Gasteiger partial charge is 0.119 e. The molecule has 0 bridgehead atoms. The molecule has 0 aromatic heterocycles. The van der Waals surface area contributed by atoms with E-state index in [4.69, 9.17) is 4.74 Å². The third kappa shape index (κ3) is 3.23. The van der Waals surface area contributed by atoms with Gasteiger partial charge in [0.05, 0.1) is 7.11 Å². The average Bonchev–Trinajstić information content (AvgIpc) is 2.35. The number of allylic oxidation sites excluding steroid dienone is 4. The summed E-state index contributed by atoms with van der Waals surface area (Å²) in [5.41, 5.74) is 5.29. The van der Waals surface area contributed by atoms with Crippen molar-refractivity contribution >= 4 is 5.57 Å². The maximum absolute atomic E-state index is 5.24. The van der Waals surface area contributed by atoms with E-state index in [0.717, 1.165) is 12.2 Å². The van der Waals surface area contributed by atoms with Crippen LogP contribution in [-0.2, 0) is 0 Å². The van der Waals surface area contributed by atoms with E-state index in [-0.39, 0.29) is 0 Å². The molecule has 0 saturated carbocycles. The highest BCUT2D eigenvalue weighted by molar-refractivity contribution is 5.78. The summed E-state index contributed by atoms with van der Waals surface area (Å²) in [7, 11) is 1.70. The van der Waals surface area contributed by atoms with Crippen LogP contribution in [0.25, 0.3) is 5.57 Å². The normalized spacial score (nSPS) is 12.8. The highest BCUT2D eigenvalue weighted by Crippen LogP contribution is 2.27. The Labute approximate surface area is 105 Å². The molecule has 1 nitrogen and oxygen atoms in total. The van der Waals surface area contributed by atoms with Crippen molar-refractivity contribution in [3.05, 3.63) is 47.1 Å². The summed E-state index contributed by atoms with van der Waals surface area (Å²) in [6.07, 6.45) is 5.36. The SMILES string of the molecule is C/C=C\C(=C(\C)CC)c1ccc(OC)cc1C. The molecule has 0 heterocycles. The van der Waals surface area contributed by atoms with Gasteiger partial charge in [0.25, 0.3) is 0 Å². The molecule has 0 aliphatic carbocycles. The minimum Gasteiger partial charge on any atom is -0.497 e. The fourth-order valence-corrected chi connectivity index (χ4v) is 1.88. The van der Waals surface area contributed by atoms with E-state index in [2.05, 4.69) is 52.0 Å². The number of aryl methyl sites for hydroxylation is 1. The van der Waals surface area contributed by atoms with Crippen LogP contribution < -0.4 is 4.74 Å². The maximum atomic E-state index is 5.24. The molecule has 1 aromatic rings. The Morgan fingerprint density at radius 3 is 2.53 bits per heavy atom. The van der Waals surface area contributed by atoms with Gasteiger partial charge in [-0.1, -0.05) is 30.7 Å². The van der Waals surface area contributed by atoms with Crippen molar-refractivity contribution in [2.75, 3.05) is 7.11 Å². The van der Waals surface area contributed by atoms with Crippen LogP contribution in [0.4, 0.5) is 0 Å². The molecule has 92 valence electrons. The number of hydrogen-bond acceptors (Lipinski definition) is 1. The van der Waals surface area contributed by atoms with Crippen molar-refractivity contribution in [3.8, 4) is 5.75 Å².